The number of halogens is 1. The molecule has 0 aliphatic carbocycles. The molecule has 0 saturated carbocycles. The second-order valence-electron chi connectivity index (χ2n) is 4.52. The highest BCUT2D eigenvalue weighted by atomic mass is 35.5. The molecule has 0 aliphatic rings. The molecule has 100 valence electrons. The Balaban J connectivity index is 2.37. The maximum absolute atomic E-state index is 6.35. The van der Waals surface area contributed by atoms with Crippen molar-refractivity contribution in [2.24, 2.45) is 0 Å². The molecule has 1 atom stereocenters. The fraction of sp³-hybridized carbons (Fsp3) is 0.250. The number of hydrogen-bond donors (Lipinski definition) is 1. The summed E-state index contributed by atoms with van der Waals surface area (Å²) in [6.45, 7) is 2.04. The van der Waals surface area contributed by atoms with Crippen molar-refractivity contribution in [1.82, 2.24) is 5.32 Å². The molecule has 19 heavy (non-hydrogen) atoms. The minimum absolute atomic E-state index is 0.0824. The standard InChI is InChI=1S/C16H18ClNO/c1-11-4-9-14(15(17)10-11)16(18-2)12-5-7-13(19-3)8-6-12/h4-10,16,18H,1-3H3. The zero-order valence-corrected chi connectivity index (χ0v) is 12.2. The molecule has 0 aromatic heterocycles. The van der Waals surface area contributed by atoms with Crippen LogP contribution in [0, 0.1) is 6.92 Å². The molecule has 0 aliphatic heterocycles. The molecule has 2 rings (SSSR count). The summed E-state index contributed by atoms with van der Waals surface area (Å²) in [7, 11) is 3.60. The van der Waals surface area contributed by atoms with Gasteiger partial charge in [0, 0.05) is 5.02 Å². The first-order valence-electron chi connectivity index (χ1n) is 6.23. The van der Waals surface area contributed by atoms with Crippen LogP contribution in [-0.4, -0.2) is 14.2 Å². The number of benzene rings is 2. The van der Waals surface area contributed by atoms with Gasteiger partial charge < -0.3 is 10.1 Å². The van der Waals surface area contributed by atoms with E-state index in [0.29, 0.717) is 0 Å². The fourth-order valence-corrected chi connectivity index (χ4v) is 2.51. The molecule has 2 aromatic rings. The normalized spacial score (nSPS) is 12.2. The van der Waals surface area contributed by atoms with Crippen molar-refractivity contribution in [2.45, 2.75) is 13.0 Å². The van der Waals surface area contributed by atoms with Gasteiger partial charge in [-0.3, -0.25) is 0 Å². The van der Waals surface area contributed by atoms with Crippen LogP contribution in [0.4, 0.5) is 0 Å². The van der Waals surface area contributed by atoms with Crippen molar-refractivity contribution in [3.8, 4) is 5.75 Å². The zero-order valence-electron chi connectivity index (χ0n) is 11.4. The van der Waals surface area contributed by atoms with E-state index < -0.39 is 0 Å². The van der Waals surface area contributed by atoms with Gasteiger partial charge in [0.15, 0.2) is 0 Å². The van der Waals surface area contributed by atoms with Crippen molar-refractivity contribution in [3.05, 3.63) is 64.2 Å². The number of nitrogens with one attached hydrogen (secondary N) is 1. The fourth-order valence-electron chi connectivity index (χ4n) is 2.16. The smallest absolute Gasteiger partial charge is 0.118 e. The molecule has 0 heterocycles. The third-order valence-electron chi connectivity index (χ3n) is 3.20. The first kappa shape index (κ1) is 13.9. The summed E-state index contributed by atoms with van der Waals surface area (Å²) in [6.07, 6.45) is 0. The van der Waals surface area contributed by atoms with E-state index in [1.54, 1.807) is 7.11 Å². The summed E-state index contributed by atoms with van der Waals surface area (Å²) in [4.78, 5) is 0. The second kappa shape index (κ2) is 6.09. The van der Waals surface area contributed by atoms with Crippen LogP contribution in [0.2, 0.25) is 5.02 Å². The Labute approximate surface area is 119 Å². The molecule has 1 N–H and O–H groups in total. The zero-order chi connectivity index (χ0) is 13.8. The lowest BCUT2D eigenvalue weighted by Gasteiger charge is -2.19. The lowest BCUT2D eigenvalue weighted by Crippen LogP contribution is -2.18. The molecule has 2 nitrogen and oxygen atoms in total. The largest absolute Gasteiger partial charge is 0.497 e. The molecular weight excluding hydrogens is 258 g/mol. The van der Waals surface area contributed by atoms with Gasteiger partial charge in [-0.05, 0) is 48.9 Å². The highest BCUT2D eigenvalue weighted by Crippen LogP contribution is 2.29. The van der Waals surface area contributed by atoms with Crippen LogP contribution in [0.3, 0.4) is 0 Å². The summed E-state index contributed by atoms with van der Waals surface area (Å²) in [5.74, 6) is 0.855. The molecule has 1 unspecified atom stereocenters. The van der Waals surface area contributed by atoms with Crippen LogP contribution in [0.1, 0.15) is 22.7 Å². The van der Waals surface area contributed by atoms with Crippen molar-refractivity contribution < 1.29 is 4.74 Å². The quantitative estimate of drug-likeness (QED) is 0.912. The van der Waals surface area contributed by atoms with Crippen LogP contribution >= 0.6 is 11.6 Å². The minimum Gasteiger partial charge on any atom is -0.497 e. The number of ether oxygens (including phenoxy) is 1. The first-order valence-corrected chi connectivity index (χ1v) is 6.60. The summed E-state index contributed by atoms with van der Waals surface area (Å²) < 4.78 is 5.18. The lowest BCUT2D eigenvalue weighted by atomic mass is 9.98. The van der Waals surface area contributed by atoms with Gasteiger partial charge in [-0.1, -0.05) is 35.9 Å². The number of methoxy groups -OCH3 is 1. The maximum Gasteiger partial charge on any atom is 0.118 e. The number of rotatable bonds is 4. The van der Waals surface area contributed by atoms with Gasteiger partial charge in [0.2, 0.25) is 0 Å². The highest BCUT2D eigenvalue weighted by molar-refractivity contribution is 6.31. The maximum atomic E-state index is 6.35. The molecule has 3 heteroatoms. The van der Waals surface area contributed by atoms with E-state index in [1.807, 2.05) is 32.2 Å². The summed E-state index contributed by atoms with van der Waals surface area (Å²) in [6, 6.07) is 14.2. The van der Waals surface area contributed by atoms with Crippen LogP contribution < -0.4 is 10.1 Å². The second-order valence-corrected chi connectivity index (χ2v) is 4.93. The highest BCUT2D eigenvalue weighted by Gasteiger charge is 2.15. The third-order valence-corrected chi connectivity index (χ3v) is 3.53. The van der Waals surface area contributed by atoms with Crippen LogP contribution in [0.15, 0.2) is 42.5 Å². The first-order chi connectivity index (χ1) is 9.15. The molecule has 2 aromatic carbocycles. The Morgan fingerprint density at radius 1 is 1.11 bits per heavy atom. The van der Waals surface area contributed by atoms with E-state index in [2.05, 4.69) is 29.6 Å². The van der Waals surface area contributed by atoms with E-state index in [0.717, 1.165) is 21.9 Å². The van der Waals surface area contributed by atoms with E-state index in [1.165, 1.54) is 5.56 Å². The van der Waals surface area contributed by atoms with Gasteiger partial charge in [0.05, 0.1) is 13.2 Å². The Morgan fingerprint density at radius 3 is 2.32 bits per heavy atom. The Morgan fingerprint density at radius 2 is 1.79 bits per heavy atom. The van der Waals surface area contributed by atoms with E-state index in [4.69, 9.17) is 16.3 Å². The average molecular weight is 276 g/mol. The monoisotopic (exact) mass is 275 g/mol. The minimum atomic E-state index is 0.0824. The predicted octanol–water partition coefficient (Wildman–Crippen LogP) is 3.97. The van der Waals surface area contributed by atoms with Gasteiger partial charge >= 0.3 is 0 Å². The molecule has 0 spiro atoms. The van der Waals surface area contributed by atoms with Crippen molar-refractivity contribution >= 4 is 11.6 Å². The average Bonchev–Trinajstić information content (AvgIpc) is 2.42. The van der Waals surface area contributed by atoms with E-state index in [9.17, 15) is 0 Å². The van der Waals surface area contributed by atoms with Gasteiger partial charge in [-0.2, -0.15) is 0 Å². The van der Waals surface area contributed by atoms with Gasteiger partial charge in [0.1, 0.15) is 5.75 Å². The molecule has 0 amide bonds. The molecular formula is C16H18ClNO. The Kier molecular flexibility index (Phi) is 4.46. The predicted molar refractivity (Wildman–Crippen MR) is 80.1 cm³/mol. The van der Waals surface area contributed by atoms with Gasteiger partial charge in [-0.25, -0.2) is 0 Å². The van der Waals surface area contributed by atoms with E-state index in [-0.39, 0.29) is 6.04 Å². The topological polar surface area (TPSA) is 21.3 Å². The molecule has 0 bridgehead atoms. The van der Waals surface area contributed by atoms with Crippen molar-refractivity contribution in [3.63, 3.8) is 0 Å². The molecule has 0 radical (unpaired) electrons. The van der Waals surface area contributed by atoms with Gasteiger partial charge in [-0.15, -0.1) is 0 Å². The molecule has 0 saturated heterocycles. The van der Waals surface area contributed by atoms with Crippen molar-refractivity contribution in [2.75, 3.05) is 14.2 Å². The van der Waals surface area contributed by atoms with Crippen LogP contribution in [0.25, 0.3) is 0 Å². The summed E-state index contributed by atoms with van der Waals surface area (Å²) >= 11 is 6.35. The Hall–Kier alpha value is -1.51. The van der Waals surface area contributed by atoms with Crippen molar-refractivity contribution in [1.29, 1.82) is 0 Å². The third kappa shape index (κ3) is 3.09. The molecule has 0 fully saturated rings. The van der Waals surface area contributed by atoms with E-state index >= 15 is 0 Å². The Bertz CT molecular complexity index is 551. The van der Waals surface area contributed by atoms with Crippen LogP contribution in [0.5, 0.6) is 5.75 Å². The summed E-state index contributed by atoms with van der Waals surface area (Å²) in [5.41, 5.74) is 3.41. The number of hydrogen-bond acceptors (Lipinski definition) is 2. The number of aryl methyl sites for hydroxylation is 1. The lowest BCUT2D eigenvalue weighted by molar-refractivity contribution is 0.414. The van der Waals surface area contributed by atoms with Gasteiger partial charge in [0.25, 0.3) is 0 Å². The van der Waals surface area contributed by atoms with Crippen LogP contribution in [-0.2, 0) is 0 Å². The summed E-state index contributed by atoms with van der Waals surface area (Å²) in [5, 5.41) is 4.09. The SMILES string of the molecule is CNC(c1ccc(OC)cc1)c1ccc(C)cc1Cl.